The number of carbonyl (C=O) groups is 1. The predicted molar refractivity (Wildman–Crippen MR) is 109 cm³/mol. The number of nitrogens with zero attached hydrogens (tertiary/aromatic N) is 2. The summed E-state index contributed by atoms with van der Waals surface area (Å²) in [5.41, 5.74) is -0.00120. The van der Waals surface area contributed by atoms with Gasteiger partial charge in [-0.15, -0.1) is 0 Å². The number of carbonyl (C=O) groups excluding carboxylic acids is 1. The minimum atomic E-state index is -0.622. The van der Waals surface area contributed by atoms with Crippen LogP contribution in [0.4, 0.5) is 5.69 Å². The minimum absolute atomic E-state index is 0.0445. The highest BCUT2D eigenvalue weighted by molar-refractivity contribution is 7.99. The summed E-state index contributed by atoms with van der Waals surface area (Å²) < 4.78 is 0.957. The maximum atomic E-state index is 12.4. The molecule has 2 aromatic carbocycles. The van der Waals surface area contributed by atoms with E-state index in [2.05, 4.69) is 10.4 Å². The molecule has 0 unspecified atom stereocenters. The van der Waals surface area contributed by atoms with Crippen molar-refractivity contribution in [3.63, 3.8) is 0 Å². The molecule has 1 amide bonds. The molecular weight excluding hydrogens is 429 g/mol. The normalized spacial score (nSPS) is 10.6. The second-order valence-electron chi connectivity index (χ2n) is 5.37. The highest BCUT2D eigenvalue weighted by atomic mass is 35.5. The monoisotopic (exact) mass is 439 g/mol. The van der Waals surface area contributed by atoms with Gasteiger partial charge in [0.2, 0.25) is 5.91 Å². The van der Waals surface area contributed by atoms with Crippen molar-refractivity contribution in [1.29, 1.82) is 0 Å². The van der Waals surface area contributed by atoms with E-state index >= 15 is 0 Å². The van der Waals surface area contributed by atoms with Crippen LogP contribution in [0.5, 0.6) is 0 Å². The third-order valence-corrected chi connectivity index (χ3v) is 5.52. The number of para-hydroxylation sites is 1. The number of hydrogen-bond acceptors (Lipinski definition) is 4. The van der Waals surface area contributed by atoms with E-state index in [0.717, 1.165) is 14.5 Å². The lowest BCUT2D eigenvalue weighted by Crippen LogP contribution is -2.29. The smallest absolute Gasteiger partial charge is 0.287 e. The van der Waals surface area contributed by atoms with Gasteiger partial charge in [0.15, 0.2) is 0 Å². The fourth-order valence-corrected chi connectivity index (χ4v) is 3.47. The molecule has 1 heterocycles. The van der Waals surface area contributed by atoms with E-state index in [9.17, 15) is 9.59 Å². The summed E-state index contributed by atoms with van der Waals surface area (Å²) >= 11 is 18.9. The maximum absolute atomic E-state index is 12.4. The summed E-state index contributed by atoms with van der Waals surface area (Å²) in [5.74, 6) is -0.410. The highest BCUT2D eigenvalue weighted by Gasteiger charge is 2.13. The fraction of sp³-hybridized carbons (Fsp3) is 0.0556. The van der Waals surface area contributed by atoms with Gasteiger partial charge in [-0.1, -0.05) is 58.7 Å². The van der Waals surface area contributed by atoms with Crippen LogP contribution in [0, 0.1) is 0 Å². The third-order valence-electron chi connectivity index (χ3n) is 3.44. The van der Waals surface area contributed by atoms with Crippen molar-refractivity contribution in [3.8, 4) is 0 Å². The first-order valence-electron chi connectivity index (χ1n) is 7.67. The number of hydrogen-bond donors (Lipinski definition) is 1. The molecule has 0 aliphatic heterocycles. The van der Waals surface area contributed by atoms with Gasteiger partial charge < -0.3 is 5.32 Å². The van der Waals surface area contributed by atoms with Crippen molar-refractivity contribution in [1.82, 2.24) is 9.78 Å². The molecule has 0 saturated carbocycles. The van der Waals surface area contributed by atoms with Crippen molar-refractivity contribution >= 4 is 58.2 Å². The molecule has 0 saturated heterocycles. The fourth-order valence-electron chi connectivity index (χ4n) is 2.17. The van der Waals surface area contributed by atoms with Crippen LogP contribution in [-0.4, -0.2) is 15.7 Å². The number of rotatable bonds is 5. The molecule has 9 heteroatoms. The molecule has 0 spiro atoms. The van der Waals surface area contributed by atoms with Crippen LogP contribution < -0.4 is 10.9 Å². The zero-order valence-corrected chi connectivity index (χ0v) is 16.7. The van der Waals surface area contributed by atoms with E-state index in [1.165, 1.54) is 18.0 Å². The topological polar surface area (TPSA) is 64.0 Å². The van der Waals surface area contributed by atoms with Crippen molar-refractivity contribution in [2.75, 3.05) is 5.32 Å². The van der Waals surface area contributed by atoms with Gasteiger partial charge in [0.25, 0.3) is 5.56 Å². The summed E-state index contributed by atoms with van der Waals surface area (Å²) in [5, 5.41) is 7.15. The molecule has 0 fully saturated rings. The van der Waals surface area contributed by atoms with Gasteiger partial charge in [-0.3, -0.25) is 9.59 Å². The lowest BCUT2D eigenvalue weighted by atomic mass is 10.3. The Morgan fingerprint density at radius 2 is 1.78 bits per heavy atom. The Balaban J connectivity index is 1.76. The number of benzene rings is 2. The summed E-state index contributed by atoms with van der Waals surface area (Å²) in [6, 6.07) is 14.7. The molecule has 0 bridgehead atoms. The summed E-state index contributed by atoms with van der Waals surface area (Å²) in [4.78, 5) is 26.2. The van der Waals surface area contributed by atoms with Crippen LogP contribution in [0.2, 0.25) is 15.1 Å². The summed E-state index contributed by atoms with van der Waals surface area (Å²) in [7, 11) is 0. The minimum Gasteiger partial charge on any atom is -0.323 e. The Labute approximate surface area is 174 Å². The van der Waals surface area contributed by atoms with Crippen LogP contribution in [0.3, 0.4) is 0 Å². The van der Waals surface area contributed by atoms with Gasteiger partial charge >= 0.3 is 0 Å². The predicted octanol–water partition coefficient (Wildman–Crippen LogP) is 4.99. The van der Waals surface area contributed by atoms with Crippen LogP contribution >= 0.6 is 46.6 Å². The first kappa shape index (κ1) is 19.8. The van der Waals surface area contributed by atoms with E-state index in [4.69, 9.17) is 34.8 Å². The van der Waals surface area contributed by atoms with Gasteiger partial charge in [-0.2, -0.15) is 5.10 Å². The Morgan fingerprint density at radius 1 is 1.07 bits per heavy atom. The van der Waals surface area contributed by atoms with Gasteiger partial charge in [-0.25, -0.2) is 4.68 Å². The van der Waals surface area contributed by atoms with Gasteiger partial charge in [0, 0.05) is 14.8 Å². The molecule has 0 atom stereocenters. The number of nitrogens with one attached hydrogen (secondary N) is 1. The van der Waals surface area contributed by atoms with Crippen LogP contribution in [-0.2, 0) is 11.3 Å². The van der Waals surface area contributed by atoms with Crippen LogP contribution in [0.25, 0.3) is 0 Å². The number of amides is 1. The lowest BCUT2D eigenvalue weighted by Gasteiger charge is -2.11. The first-order chi connectivity index (χ1) is 12.9. The molecule has 0 radical (unpaired) electrons. The van der Waals surface area contributed by atoms with E-state index in [1.807, 2.05) is 30.3 Å². The second-order valence-corrected chi connectivity index (χ2v) is 7.71. The first-order valence-corrected chi connectivity index (χ1v) is 9.62. The van der Waals surface area contributed by atoms with E-state index in [-0.39, 0.29) is 16.6 Å². The SMILES string of the molecule is O=C(Cn1ncc(Cl)c(Cl)c1=O)Nc1ccccc1Sc1ccc(Cl)cc1. The Bertz CT molecular complexity index is 1040. The molecule has 1 aromatic heterocycles. The van der Waals surface area contributed by atoms with E-state index < -0.39 is 11.5 Å². The van der Waals surface area contributed by atoms with Crippen molar-refractivity contribution in [2.24, 2.45) is 0 Å². The Morgan fingerprint density at radius 3 is 2.52 bits per heavy atom. The molecule has 138 valence electrons. The quantitative estimate of drug-likeness (QED) is 0.607. The van der Waals surface area contributed by atoms with Gasteiger partial charge in [-0.05, 0) is 36.4 Å². The molecular formula is C18H12Cl3N3O2S. The highest BCUT2D eigenvalue weighted by Crippen LogP contribution is 2.33. The molecule has 27 heavy (non-hydrogen) atoms. The molecule has 0 aliphatic carbocycles. The van der Waals surface area contributed by atoms with Crippen molar-refractivity contribution in [3.05, 3.63) is 80.1 Å². The summed E-state index contributed by atoms with van der Waals surface area (Å²) in [6.07, 6.45) is 1.23. The average Bonchev–Trinajstić information content (AvgIpc) is 2.66. The van der Waals surface area contributed by atoms with Crippen molar-refractivity contribution in [2.45, 2.75) is 16.3 Å². The average molecular weight is 441 g/mol. The van der Waals surface area contributed by atoms with E-state index in [0.29, 0.717) is 10.7 Å². The maximum Gasteiger partial charge on any atom is 0.287 e. The van der Waals surface area contributed by atoms with Crippen LogP contribution in [0.15, 0.2) is 69.3 Å². The summed E-state index contributed by atoms with van der Waals surface area (Å²) in [6.45, 7) is -0.282. The standard InChI is InChI=1S/C18H12Cl3N3O2S/c19-11-5-7-12(8-6-11)27-15-4-2-1-3-14(15)23-16(25)10-24-18(26)17(21)13(20)9-22-24/h1-9H,10H2,(H,23,25). The second kappa shape index (κ2) is 8.80. The van der Waals surface area contributed by atoms with Crippen LogP contribution in [0.1, 0.15) is 0 Å². The molecule has 1 N–H and O–H groups in total. The molecule has 3 aromatic rings. The van der Waals surface area contributed by atoms with E-state index in [1.54, 1.807) is 18.2 Å². The molecule has 5 nitrogen and oxygen atoms in total. The Kier molecular flexibility index (Phi) is 6.44. The number of aromatic nitrogens is 2. The zero-order valence-electron chi connectivity index (χ0n) is 13.7. The molecule has 3 rings (SSSR count). The van der Waals surface area contributed by atoms with Crippen molar-refractivity contribution < 1.29 is 4.79 Å². The van der Waals surface area contributed by atoms with Gasteiger partial charge in [0.05, 0.1) is 16.9 Å². The lowest BCUT2D eigenvalue weighted by molar-refractivity contribution is -0.117. The number of anilines is 1. The zero-order chi connectivity index (χ0) is 19.4. The largest absolute Gasteiger partial charge is 0.323 e. The molecule has 0 aliphatic rings. The van der Waals surface area contributed by atoms with Gasteiger partial charge in [0.1, 0.15) is 11.6 Å². The number of halogens is 3. The Hall–Kier alpha value is -1.99. The third kappa shape index (κ3) is 5.05.